The summed E-state index contributed by atoms with van der Waals surface area (Å²) in [7, 11) is 0. The molecule has 2 unspecified atom stereocenters. The zero-order valence-corrected chi connectivity index (χ0v) is 9.52. The van der Waals surface area contributed by atoms with Crippen LogP contribution in [0.5, 0.6) is 0 Å². The Kier molecular flexibility index (Phi) is 2.41. The molecule has 1 aromatic rings. The number of aliphatic hydroxyl groups is 1. The Hall–Kier alpha value is -1.40. The van der Waals surface area contributed by atoms with Gasteiger partial charge in [-0.3, -0.25) is 9.89 Å². The Bertz CT molecular complexity index is 419. The van der Waals surface area contributed by atoms with Gasteiger partial charge in [-0.05, 0) is 5.92 Å². The molecule has 0 aliphatic carbocycles. The highest BCUT2D eigenvalue weighted by atomic mass is 16.3. The summed E-state index contributed by atoms with van der Waals surface area (Å²) in [4.78, 5) is 14.0. The van der Waals surface area contributed by atoms with Crippen molar-refractivity contribution in [3.8, 4) is 0 Å². The molecule has 3 N–H and O–H groups in total. The Balaban J connectivity index is 1.78. The topological polar surface area (TPSA) is 81.2 Å². The molecule has 6 heteroatoms. The van der Waals surface area contributed by atoms with E-state index in [0.29, 0.717) is 18.0 Å². The molecule has 2 aliphatic heterocycles. The number of carbonyl (C=O) groups is 1. The summed E-state index contributed by atoms with van der Waals surface area (Å²) in [6, 6.07) is 0. The van der Waals surface area contributed by atoms with Crippen LogP contribution in [-0.4, -0.2) is 58.9 Å². The SMILES string of the molecule is O=C(c1cn[nH]c1)N1CC2CNCC2(CO)C1. The van der Waals surface area contributed by atoms with E-state index in [1.807, 2.05) is 4.90 Å². The number of H-pyrrole nitrogens is 1. The van der Waals surface area contributed by atoms with Crippen molar-refractivity contribution in [2.75, 3.05) is 32.8 Å². The summed E-state index contributed by atoms with van der Waals surface area (Å²) in [6.07, 6.45) is 3.15. The van der Waals surface area contributed by atoms with Crippen LogP contribution < -0.4 is 5.32 Å². The zero-order valence-electron chi connectivity index (χ0n) is 9.52. The molecule has 2 saturated heterocycles. The number of amides is 1. The van der Waals surface area contributed by atoms with Gasteiger partial charge in [0, 0.05) is 37.8 Å². The van der Waals surface area contributed by atoms with E-state index < -0.39 is 0 Å². The number of hydrogen-bond donors (Lipinski definition) is 3. The maximum Gasteiger partial charge on any atom is 0.257 e. The molecule has 3 rings (SSSR count). The normalized spacial score (nSPS) is 31.8. The van der Waals surface area contributed by atoms with Gasteiger partial charge in [-0.15, -0.1) is 0 Å². The van der Waals surface area contributed by atoms with Crippen LogP contribution in [-0.2, 0) is 0 Å². The minimum Gasteiger partial charge on any atom is -0.396 e. The van der Waals surface area contributed by atoms with Crippen LogP contribution >= 0.6 is 0 Å². The molecule has 6 nitrogen and oxygen atoms in total. The Morgan fingerprint density at radius 1 is 1.71 bits per heavy atom. The number of nitrogens with one attached hydrogen (secondary N) is 2. The summed E-state index contributed by atoms with van der Waals surface area (Å²) < 4.78 is 0. The Morgan fingerprint density at radius 3 is 3.24 bits per heavy atom. The van der Waals surface area contributed by atoms with E-state index in [-0.39, 0.29) is 17.9 Å². The molecule has 3 heterocycles. The molecular formula is C11H16N4O2. The number of carbonyl (C=O) groups excluding carboxylic acids is 1. The van der Waals surface area contributed by atoms with Gasteiger partial charge in [0.05, 0.1) is 18.4 Å². The molecule has 2 fully saturated rings. The molecule has 1 aromatic heterocycles. The van der Waals surface area contributed by atoms with E-state index in [9.17, 15) is 9.90 Å². The maximum absolute atomic E-state index is 12.2. The summed E-state index contributed by atoms with van der Waals surface area (Å²) in [5, 5.41) is 19.3. The predicted octanol–water partition coefficient (Wildman–Crippen LogP) is -0.936. The lowest BCUT2D eigenvalue weighted by Crippen LogP contribution is -2.37. The summed E-state index contributed by atoms with van der Waals surface area (Å²) in [6.45, 7) is 3.17. The van der Waals surface area contributed by atoms with Crippen LogP contribution in [0, 0.1) is 11.3 Å². The quantitative estimate of drug-likeness (QED) is 0.619. The molecule has 92 valence electrons. The zero-order chi connectivity index (χ0) is 11.9. The number of nitrogens with zero attached hydrogens (tertiary/aromatic N) is 2. The monoisotopic (exact) mass is 236 g/mol. The fourth-order valence-corrected chi connectivity index (χ4v) is 2.95. The van der Waals surface area contributed by atoms with Crippen LogP contribution in [0.1, 0.15) is 10.4 Å². The van der Waals surface area contributed by atoms with Gasteiger partial charge in [0.25, 0.3) is 5.91 Å². The number of aromatic amines is 1. The molecule has 0 spiro atoms. The Labute approximate surface area is 99.0 Å². The fourth-order valence-electron chi connectivity index (χ4n) is 2.95. The lowest BCUT2D eigenvalue weighted by atomic mass is 9.82. The van der Waals surface area contributed by atoms with Crippen molar-refractivity contribution in [3.05, 3.63) is 18.0 Å². The second-order valence-corrected chi connectivity index (χ2v) is 5.02. The van der Waals surface area contributed by atoms with Crippen LogP contribution in [0.3, 0.4) is 0 Å². The van der Waals surface area contributed by atoms with Gasteiger partial charge in [0.1, 0.15) is 0 Å². The highest BCUT2D eigenvalue weighted by molar-refractivity contribution is 5.94. The molecule has 2 aliphatic rings. The Morgan fingerprint density at radius 2 is 2.59 bits per heavy atom. The second kappa shape index (κ2) is 3.82. The van der Waals surface area contributed by atoms with E-state index in [0.717, 1.165) is 19.6 Å². The highest BCUT2D eigenvalue weighted by Crippen LogP contribution is 2.38. The average molecular weight is 236 g/mol. The minimum atomic E-state index is -0.139. The second-order valence-electron chi connectivity index (χ2n) is 5.02. The van der Waals surface area contributed by atoms with Crippen molar-refractivity contribution in [2.45, 2.75) is 0 Å². The predicted molar refractivity (Wildman–Crippen MR) is 60.4 cm³/mol. The van der Waals surface area contributed by atoms with Gasteiger partial charge < -0.3 is 15.3 Å². The van der Waals surface area contributed by atoms with Crippen molar-refractivity contribution >= 4 is 5.91 Å². The third-order valence-electron chi connectivity index (χ3n) is 4.03. The first-order valence-corrected chi connectivity index (χ1v) is 5.85. The molecule has 0 aromatic carbocycles. The highest BCUT2D eigenvalue weighted by Gasteiger charge is 2.50. The third-order valence-corrected chi connectivity index (χ3v) is 4.03. The molecule has 17 heavy (non-hydrogen) atoms. The molecular weight excluding hydrogens is 220 g/mol. The summed E-state index contributed by atoms with van der Waals surface area (Å²) in [5.41, 5.74) is 0.449. The first-order valence-electron chi connectivity index (χ1n) is 5.85. The molecule has 1 amide bonds. The van der Waals surface area contributed by atoms with E-state index in [1.54, 1.807) is 12.4 Å². The van der Waals surface area contributed by atoms with E-state index >= 15 is 0 Å². The van der Waals surface area contributed by atoms with Gasteiger partial charge in [-0.2, -0.15) is 5.10 Å². The average Bonchev–Trinajstić information content (AvgIpc) is 3.03. The van der Waals surface area contributed by atoms with Crippen molar-refractivity contribution in [3.63, 3.8) is 0 Å². The number of likely N-dealkylation sites (tertiary alicyclic amines) is 1. The first kappa shape index (κ1) is 10.7. The van der Waals surface area contributed by atoms with Gasteiger partial charge in [-0.25, -0.2) is 0 Å². The smallest absolute Gasteiger partial charge is 0.257 e. The van der Waals surface area contributed by atoms with Crippen molar-refractivity contribution in [1.82, 2.24) is 20.4 Å². The van der Waals surface area contributed by atoms with Crippen molar-refractivity contribution in [2.24, 2.45) is 11.3 Å². The standard InChI is InChI=1S/C11H16N4O2/c16-7-11-5-12-3-9(11)4-15(6-11)10(17)8-1-13-14-2-8/h1-2,9,12,16H,3-7H2,(H,13,14). The summed E-state index contributed by atoms with van der Waals surface area (Å²) >= 11 is 0. The molecule has 0 saturated carbocycles. The molecule has 2 atom stereocenters. The van der Waals surface area contributed by atoms with Crippen molar-refractivity contribution < 1.29 is 9.90 Å². The van der Waals surface area contributed by atoms with Crippen molar-refractivity contribution in [1.29, 1.82) is 0 Å². The number of rotatable bonds is 2. The van der Waals surface area contributed by atoms with Gasteiger partial charge in [-0.1, -0.05) is 0 Å². The first-order chi connectivity index (χ1) is 8.25. The third kappa shape index (κ3) is 1.56. The largest absolute Gasteiger partial charge is 0.396 e. The number of aliphatic hydroxyl groups excluding tert-OH is 1. The molecule has 0 radical (unpaired) electrons. The van der Waals surface area contributed by atoms with E-state index in [4.69, 9.17) is 0 Å². The van der Waals surface area contributed by atoms with Crippen LogP contribution in [0.25, 0.3) is 0 Å². The van der Waals surface area contributed by atoms with Gasteiger partial charge in [0.2, 0.25) is 0 Å². The maximum atomic E-state index is 12.2. The number of hydrogen-bond acceptors (Lipinski definition) is 4. The summed E-state index contributed by atoms with van der Waals surface area (Å²) in [5.74, 6) is 0.365. The fraction of sp³-hybridized carbons (Fsp3) is 0.636. The van der Waals surface area contributed by atoms with Gasteiger partial charge >= 0.3 is 0 Å². The number of fused-ring (bicyclic) bond motifs is 1. The van der Waals surface area contributed by atoms with Crippen LogP contribution in [0.15, 0.2) is 12.4 Å². The van der Waals surface area contributed by atoms with E-state index in [2.05, 4.69) is 15.5 Å². The van der Waals surface area contributed by atoms with Gasteiger partial charge in [0.15, 0.2) is 0 Å². The lowest BCUT2D eigenvalue weighted by Gasteiger charge is -2.24. The van der Waals surface area contributed by atoms with Crippen LogP contribution in [0.2, 0.25) is 0 Å². The van der Waals surface area contributed by atoms with Crippen LogP contribution in [0.4, 0.5) is 0 Å². The molecule has 0 bridgehead atoms. The minimum absolute atomic E-state index is 0.000903. The lowest BCUT2D eigenvalue weighted by molar-refractivity contribution is 0.0745. The number of aromatic nitrogens is 2. The van der Waals surface area contributed by atoms with E-state index in [1.165, 1.54) is 0 Å².